The fourth-order valence-corrected chi connectivity index (χ4v) is 2.19. The maximum atomic E-state index is 13.3. The highest BCUT2D eigenvalue weighted by Gasteiger charge is 2.20. The zero-order valence-electron chi connectivity index (χ0n) is 9.91. The van der Waals surface area contributed by atoms with Gasteiger partial charge >= 0.3 is 0 Å². The number of aliphatic hydroxyl groups excluding tert-OH is 1. The Morgan fingerprint density at radius 2 is 2.06 bits per heavy atom. The summed E-state index contributed by atoms with van der Waals surface area (Å²) < 4.78 is 14.9. The Morgan fingerprint density at radius 3 is 2.59 bits per heavy atom. The number of halogens is 2. The lowest BCUT2D eigenvalue weighted by Gasteiger charge is -2.09. The number of hydrogen-bond donors (Lipinski definition) is 1. The second kappa shape index (κ2) is 4.27. The Hall–Kier alpha value is -1.13. The van der Waals surface area contributed by atoms with Gasteiger partial charge in [0.25, 0.3) is 0 Å². The first-order valence-corrected chi connectivity index (χ1v) is 5.84. The monoisotopic (exact) mass is 256 g/mol. The zero-order chi connectivity index (χ0) is 12.7. The van der Waals surface area contributed by atoms with E-state index in [1.807, 2.05) is 13.8 Å². The number of hydrogen-bond acceptors (Lipinski definition) is 2. The minimum absolute atomic E-state index is 0.138. The van der Waals surface area contributed by atoms with E-state index in [2.05, 4.69) is 4.98 Å². The molecule has 1 atom stereocenters. The second-order valence-corrected chi connectivity index (χ2v) is 4.82. The van der Waals surface area contributed by atoms with Crippen LogP contribution in [0.5, 0.6) is 0 Å². The predicted octanol–water partition coefficient (Wildman–Crippen LogP) is 3.30. The molecule has 2 aromatic heterocycles. The highest BCUT2D eigenvalue weighted by molar-refractivity contribution is 6.33. The normalized spacial score (nSPS) is 13.6. The van der Waals surface area contributed by atoms with Crippen molar-refractivity contribution in [1.82, 2.24) is 9.38 Å². The van der Waals surface area contributed by atoms with Crippen molar-refractivity contribution in [3.8, 4) is 0 Å². The molecule has 0 amide bonds. The predicted molar refractivity (Wildman–Crippen MR) is 64.9 cm³/mol. The van der Waals surface area contributed by atoms with Crippen molar-refractivity contribution >= 4 is 17.2 Å². The lowest BCUT2D eigenvalue weighted by atomic mass is 10.1. The Morgan fingerprint density at radius 1 is 1.41 bits per heavy atom. The lowest BCUT2D eigenvalue weighted by Crippen LogP contribution is -2.03. The van der Waals surface area contributed by atoms with Gasteiger partial charge in [0.15, 0.2) is 5.65 Å². The standard InChI is InChI=1S/C12H14ClFN2O/c1-6(2)10-11(7(3)17)16-5-8(14)4-9(13)12(16)15-10/h4-7,17H,1-3H3. The van der Waals surface area contributed by atoms with Crippen LogP contribution in [0.3, 0.4) is 0 Å². The van der Waals surface area contributed by atoms with Crippen molar-refractivity contribution in [3.05, 3.63) is 34.5 Å². The van der Waals surface area contributed by atoms with Crippen molar-refractivity contribution in [3.63, 3.8) is 0 Å². The minimum atomic E-state index is -0.722. The number of aliphatic hydroxyl groups is 1. The van der Waals surface area contributed by atoms with E-state index in [-0.39, 0.29) is 10.9 Å². The van der Waals surface area contributed by atoms with E-state index in [0.717, 1.165) is 5.69 Å². The number of fused-ring (bicyclic) bond motifs is 1. The van der Waals surface area contributed by atoms with Gasteiger partial charge in [-0.25, -0.2) is 9.37 Å². The van der Waals surface area contributed by atoms with Gasteiger partial charge < -0.3 is 5.11 Å². The molecule has 0 fully saturated rings. The average molecular weight is 257 g/mol. The van der Waals surface area contributed by atoms with E-state index < -0.39 is 11.9 Å². The van der Waals surface area contributed by atoms with Crippen LogP contribution in [-0.4, -0.2) is 14.5 Å². The summed E-state index contributed by atoms with van der Waals surface area (Å²) in [5.74, 6) is -0.310. The molecule has 2 rings (SSSR count). The first-order valence-electron chi connectivity index (χ1n) is 5.46. The van der Waals surface area contributed by atoms with E-state index in [0.29, 0.717) is 11.3 Å². The number of aromatic nitrogens is 2. The van der Waals surface area contributed by atoms with Gasteiger partial charge in [-0.2, -0.15) is 0 Å². The highest BCUT2D eigenvalue weighted by Crippen LogP contribution is 2.29. The van der Waals surface area contributed by atoms with E-state index in [4.69, 9.17) is 11.6 Å². The molecule has 0 aliphatic heterocycles. The summed E-state index contributed by atoms with van der Waals surface area (Å²) in [4.78, 5) is 4.38. The molecule has 2 aromatic rings. The van der Waals surface area contributed by atoms with Gasteiger partial charge in [0, 0.05) is 6.20 Å². The van der Waals surface area contributed by atoms with E-state index in [9.17, 15) is 9.50 Å². The summed E-state index contributed by atoms with van der Waals surface area (Å²) in [6.07, 6.45) is 0.572. The van der Waals surface area contributed by atoms with E-state index in [1.165, 1.54) is 16.7 Å². The summed E-state index contributed by atoms with van der Waals surface area (Å²) in [6, 6.07) is 1.22. The summed E-state index contributed by atoms with van der Waals surface area (Å²) in [5.41, 5.74) is 1.82. The van der Waals surface area contributed by atoms with Gasteiger partial charge in [0.05, 0.1) is 22.5 Å². The van der Waals surface area contributed by atoms with E-state index in [1.54, 1.807) is 6.92 Å². The molecule has 0 saturated carbocycles. The molecule has 92 valence electrons. The van der Waals surface area contributed by atoms with Gasteiger partial charge in [0.2, 0.25) is 0 Å². The van der Waals surface area contributed by atoms with Crippen molar-refractivity contribution in [2.24, 2.45) is 0 Å². The molecule has 0 saturated heterocycles. The van der Waals surface area contributed by atoms with Crippen LogP contribution >= 0.6 is 11.6 Å². The number of imidazole rings is 1. The molecule has 0 bridgehead atoms. The topological polar surface area (TPSA) is 37.5 Å². The first-order chi connectivity index (χ1) is 7.91. The Balaban J connectivity index is 2.85. The average Bonchev–Trinajstić information content (AvgIpc) is 2.56. The van der Waals surface area contributed by atoms with Crippen molar-refractivity contribution in [2.45, 2.75) is 32.8 Å². The van der Waals surface area contributed by atoms with Gasteiger partial charge in [-0.15, -0.1) is 0 Å². The first kappa shape index (κ1) is 12.3. The van der Waals surface area contributed by atoms with Crippen LogP contribution in [0, 0.1) is 5.82 Å². The Kier molecular flexibility index (Phi) is 3.10. The smallest absolute Gasteiger partial charge is 0.156 e. The van der Waals surface area contributed by atoms with Crippen LogP contribution in [0.25, 0.3) is 5.65 Å². The van der Waals surface area contributed by atoms with Crippen LogP contribution in [0.4, 0.5) is 4.39 Å². The quantitative estimate of drug-likeness (QED) is 0.895. The molecule has 0 aliphatic carbocycles. The molecule has 2 heterocycles. The summed E-state index contributed by atoms with van der Waals surface area (Å²) in [5, 5.41) is 10.0. The molecule has 3 nitrogen and oxygen atoms in total. The molecule has 0 aromatic carbocycles. The van der Waals surface area contributed by atoms with Crippen molar-refractivity contribution < 1.29 is 9.50 Å². The van der Waals surface area contributed by atoms with Crippen LogP contribution in [0.1, 0.15) is 44.2 Å². The van der Waals surface area contributed by atoms with Crippen molar-refractivity contribution in [2.75, 3.05) is 0 Å². The third kappa shape index (κ3) is 2.03. The van der Waals surface area contributed by atoms with Gasteiger partial charge in [-0.3, -0.25) is 4.40 Å². The van der Waals surface area contributed by atoms with Crippen LogP contribution in [0.15, 0.2) is 12.3 Å². The molecular weight excluding hydrogens is 243 g/mol. The lowest BCUT2D eigenvalue weighted by molar-refractivity contribution is 0.191. The Labute approximate surface area is 104 Å². The fraction of sp³-hybridized carbons (Fsp3) is 0.417. The molecule has 17 heavy (non-hydrogen) atoms. The summed E-state index contributed by atoms with van der Waals surface area (Å²) >= 11 is 5.95. The van der Waals surface area contributed by atoms with Crippen LogP contribution in [0.2, 0.25) is 5.02 Å². The summed E-state index contributed by atoms with van der Waals surface area (Å²) in [6.45, 7) is 5.57. The number of rotatable bonds is 2. The fourth-order valence-electron chi connectivity index (χ4n) is 1.95. The third-order valence-corrected chi connectivity index (χ3v) is 2.93. The number of pyridine rings is 1. The summed E-state index contributed by atoms with van der Waals surface area (Å²) in [7, 11) is 0. The maximum absolute atomic E-state index is 13.3. The largest absolute Gasteiger partial charge is 0.387 e. The maximum Gasteiger partial charge on any atom is 0.156 e. The molecule has 0 spiro atoms. The molecule has 5 heteroatoms. The highest BCUT2D eigenvalue weighted by atomic mass is 35.5. The zero-order valence-corrected chi connectivity index (χ0v) is 10.7. The molecule has 0 radical (unpaired) electrons. The van der Waals surface area contributed by atoms with Gasteiger partial charge in [-0.05, 0) is 18.9 Å². The van der Waals surface area contributed by atoms with E-state index >= 15 is 0 Å². The number of nitrogens with zero attached hydrogens (tertiary/aromatic N) is 2. The molecule has 1 N–H and O–H groups in total. The third-order valence-electron chi connectivity index (χ3n) is 2.65. The van der Waals surface area contributed by atoms with Gasteiger partial charge in [-0.1, -0.05) is 25.4 Å². The van der Waals surface area contributed by atoms with Crippen LogP contribution < -0.4 is 0 Å². The van der Waals surface area contributed by atoms with Gasteiger partial charge in [0.1, 0.15) is 5.82 Å². The second-order valence-electron chi connectivity index (χ2n) is 4.41. The van der Waals surface area contributed by atoms with Crippen LogP contribution in [-0.2, 0) is 0 Å². The molecule has 1 unspecified atom stereocenters. The molecule has 0 aliphatic rings. The minimum Gasteiger partial charge on any atom is -0.387 e. The SMILES string of the molecule is CC(C)c1nc2c(Cl)cc(F)cn2c1C(C)O. The molecular formula is C12H14ClFN2O. The Bertz CT molecular complexity index is 563. The van der Waals surface area contributed by atoms with Crippen molar-refractivity contribution in [1.29, 1.82) is 0 Å².